The van der Waals surface area contributed by atoms with Crippen molar-refractivity contribution in [1.29, 1.82) is 0 Å². The van der Waals surface area contributed by atoms with Gasteiger partial charge in [0, 0.05) is 6.42 Å². The van der Waals surface area contributed by atoms with Gasteiger partial charge in [0.25, 0.3) is 5.95 Å². The number of hydrogen-bond acceptors (Lipinski definition) is 7. The lowest BCUT2D eigenvalue weighted by molar-refractivity contribution is 0.373. The third-order valence-corrected chi connectivity index (χ3v) is 2.66. The van der Waals surface area contributed by atoms with E-state index in [0.717, 1.165) is 5.56 Å². The van der Waals surface area contributed by atoms with Crippen molar-refractivity contribution in [2.24, 2.45) is 5.10 Å². The lowest BCUT2D eigenvalue weighted by atomic mass is 10.2. The number of nitrogens with zero attached hydrogens (tertiary/aromatic N) is 4. The Morgan fingerprint density at radius 3 is 2.95 bits per heavy atom. The van der Waals surface area contributed by atoms with E-state index in [0.29, 0.717) is 23.9 Å². The van der Waals surface area contributed by atoms with Crippen LogP contribution in [0.5, 0.6) is 11.5 Å². The van der Waals surface area contributed by atoms with Crippen molar-refractivity contribution < 1.29 is 9.84 Å². The van der Waals surface area contributed by atoms with Crippen LogP contribution in [0.2, 0.25) is 0 Å². The summed E-state index contributed by atoms with van der Waals surface area (Å²) >= 11 is 0. The second kappa shape index (κ2) is 5.91. The predicted octanol–water partition coefficient (Wildman–Crippen LogP) is 0.714. The lowest BCUT2D eigenvalue weighted by Gasteiger charge is -2.03. The number of hydrogen-bond donors (Lipinski definition) is 3. The van der Waals surface area contributed by atoms with Gasteiger partial charge in [-0.3, -0.25) is 0 Å². The highest BCUT2D eigenvalue weighted by Crippen LogP contribution is 2.25. The van der Waals surface area contributed by atoms with E-state index >= 15 is 0 Å². The van der Waals surface area contributed by atoms with Crippen LogP contribution >= 0.6 is 0 Å². The number of aromatic hydroxyl groups is 1. The summed E-state index contributed by atoms with van der Waals surface area (Å²) in [6.07, 6.45) is 2.24. The maximum Gasteiger partial charge on any atom is 0.263 e. The van der Waals surface area contributed by atoms with E-state index in [1.54, 1.807) is 18.3 Å². The number of anilines is 1. The number of ether oxygens (including phenoxy) is 1. The fourth-order valence-electron chi connectivity index (χ4n) is 1.58. The number of rotatable bonds is 5. The Hall–Kier alpha value is -2.77. The first-order valence-electron chi connectivity index (χ1n) is 6.01. The number of phenolic OH excluding ortho intramolecular Hbond substituents is 1. The second-order valence-electron chi connectivity index (χ2n) is 3.96. The van der Waals surface area contributed by atoms with Gasteiger partial charge in [0.05, 0.1) is 13.3 Å². The maximum absolute atomic E-state index is 9.48. The molecule has 0 spiro atoms. The van der Waals surface area contributed by atoms with Gasteiger partial charge in [0.1, 0.15) is 0 Å². The van der Waals surface area contributed by atoms with Crippen LogP contribution in [-0.4, -0.2) is 33.3 Å². The van der Waals surface area contributed by atoms with E-state index < -0.39 is 0 Å². The molecule has 1 aromatic heterocycles. The Morgan fingerprint density at radius 1 is 1.50 bits per heavy atom. The molecule has 2 rings (SSSR count). The predicted molar refractivity (Wildman–Crippen MR) is 75.4 cm³/mol. The van der Waals surface area contributed by atoms with Gasteiger partial charge in [-0.25, -0.2) is 10.1 Å². The SMILES string of the molecule is CCc1nnc(N/N=C/c2ccc(O)c(OC)c2)n1N. The maximum atomic E-state index is 9.48. The van der Waals surface area contributed by atoms with Gasteiger partial charge >= 0.3 is 0 Å². The Bertz CT molecular complexity index is 622. The molecule has 0 saturated heterocycles. The van der Waals surface area contributed by atoms with Gasteiger partial charge in [-0.2, -0.15) is 5.10 Å². The molecule has 20 heavy (non-hydrogen) atoms. The number of hydrazone groups is 1. The summed E-state index contributed by atoms with van der Waals surface area (Å²) in [6, 6.07) is 4.89. The van der Waals surface area contributed by atoms with Crippen molar-refractivity contribution in [2.45, 2.75) is 13.3 Å². The van der Waals surface area contributed by atoms with E-state index in [1.807, 2.05) is 6.92 Å². The fraction of sp³-hybridized carbons (Fsp3) is 0.250. The summed E-state index contributed by atoms with van der Waals surface area (Å²) in [4.78, 5) is 0. The fourth-order valence-corrected chi connectivity index (χ4v) is 1.58. The van der Waals surface area contributed by atoms with Crippen molar-refractivity contribution in [3.8, 4) is 11.5 Å². The zero-order valence-electron chi connectivity index (χ0n) is 11.2. The minimum atomic E-state index is 0.0758. The van der Waals surface area contributed by atoms with Crippen LogP contribution in [0.15, 0.2) is 23.3 Å². The van der Waals surface area contributed by atoms with E-state index in [-0.39, 0.29) is 5.75 Å². The summed E-state index contributed by atoms with van der Waals surface area (Å²) in [5.74, 6) is 7.23. The van der Waals surface area contributed by atoms with Gasteiger partial charge in [-0.05, 0) is 23.8 Å². The zero-order valence-corrected chi connectivity index (χ0v) is 11.2. The Balaban J connectivity index is 2.08. The average molecular weight is 276 g/mol. The van der Waals surface area contributed by atoms with Crippen molar-refractivity contribution in [3.05, 3.63) is 29.6 Å². The largest absolute Gasteiger partial charge is 0.504 e. The molecule has 0 bridgehead atoms. The van der Waals surface area contributed by atoms with E-state index in [9.17, 15) is 5.11 Å². The van der Waals surface area contributed by atoms with Gasteiger partial charge < -0.3 is 15.7 Å². The van der Waals surface area contributed by atoms with E-state index in [2.05, 4.69) is 20.7 Å². The molecule has 0 atom stereocenters. The van der Waals surface area contributed by atoms with Crippen molar-refractivity contribution in [2.75, 3.05) is 18.4 Å². The number of methoxy groups -OCH3 is 1. The standard InChI is InChI=1S/C12H16N6O2/c1-3-11-15-17-12(18(11)13)16-14-7-8-4-5-9(19)10(6-8)20-2/h4-7,19H,3,13H2,1-2H3,(H,16,17)/b14-7+. The smallest absolute Gasteiger partial charge is 0.263 e. The number of nitrogen functional groups attached to an aromatic ring is 1. The molecule has 0 fully saturated rings. The lowest BCUT2D eigenvalue weighted by Crippen LogP contribution is -2.14. The summed E-state index contributed by atoms with van der Waals surface area (Å²) in [6.45, 7) is 1.93. The van der Waals surface area contributed by atoms with Crippen molar-refractivity contribution >= 4 is 12.2 Å². The van der Waals surface area contributed by atoms with Crippen LogP contribution in [0.1, 0.15) is 18.3 Å². The third-order valence-electron chi connectivity index (χ3n) is 2.66. The van der Waals surface area contributed by atoms with Crippen LogP contribution < -0.4 is 16.0 Å². The van der Waals surface area contributed by atoms with Crippen LogP contribution in [0.25, 0.3) is 0 Å². The highest BCUT2D eigenvalue weighted by atomic mass is 16.5. The van der Waals surface area contributed by atoms with Gasteiger partial charge in [0.15, 0.2) is 17.3 Å². The molecule has 0 amide bonds. The van der Waals surface area contributed by atoms with E-state index in [4.69, 9.17) is 10.6 Å². The first-order valence-corrected chi connectivity index (χ1v) is 6.01. The van der Waals surface area contributed by atoms with Gasteiger partial charge in [0.2, 0.25) is 0 Å². The van der Waals surface area contributed by atoms with Gasteiger partial charge in [-0.15, -0.1) is 10.2 Å². The molecule has 0 aliphatic rings. The van der Waals surface area contributed by atoms with Crippen LogP contribution in [0, 0.1) is 0 Å². The molecule has 1 aromatic carbocycles. The highest BCUT2D eigenvalue weighted by molar-refractivity contribution is 5.81. The highest BCUT2D eigenvalue weighted by Gasteiger charge is 2.06. The molecule has 1 heterocycles. The van der Waals surface area contributed by atoms with Crippen LogP contribution in [0.4, 0.5) is 5.95 Å². The molecule has 0 aliphatic heterocycles. The molecule has 0 radical (unpaired) electrons. The first-order chi connectivity index (χ1) is 9.65. The number of benzene rings is 1. The summed E-state index contributed by atoms with van der Waals surface area (Å²) in [7, 11) is 1.48. The molecule has 8 heteroatoms. The number of aromatic nitrogens is 3. The number of phenols is 1. The normalized spacial score (nSPS) is 10.9. The summed E-state index contributed by atoms with van der Waals surface area (Å²) < 4.78 is 6.35. The number of nitrogens with one attached hydrogen (secondary N) is 1. The molecule has 106 valence electrons. The minimum Gasteiger partial charge on any atom is -0.504 e. The molecule has 0 unspecified atom stereocenters. The molecular weight excluding hydrogens is 260 g/mol. The average Bonchev–Trinajstić information content (AvgIpc) is 2.81. The Morgan fingerprint density at radius 2 is 2.30 bits per heavy atom. The first kappa shape index (κ1) is 13.7. The molecular formula is C12H16N6O2. The van der Waals surface area contributed by atoms with Crippen LogP contribution in [0.3, 0.4) is 0 Å². The zero-order chi connectivity index (χ0) is 14.5. The molecule has 8 nitrogen and oxygen atoms in total. The monoisotopic (exact) mass is 276 g/mol. The van der Waals surface area contributed by atoms with Gasteiger partial charge in [-0.1, -0.05) is 6.92 Å². The second-order valence-corrected chi connectivity index (χ2v) is 3.96. The topological polar surface area (TPSA) is 111 Å². The molecule has 2 aromatic rings. The molecule has 0 aliphatic carbocycles. The molecule has 0 saturated carbocycles. The van der Waals surface area contributed by atoms with Crippen LogP contribution in [-0.2, 0) is 6.42 Å². The molecule has 4 N–H and O–H groups in total. The van der Waals surface area contributed by atoms with Crippen molar-refractivity contribution in [1.82, 2.24) is 14.9 Å². The van der Waals surface area contributed by atoms with Crippen molar-refractivity contribution in [3.63, 3.8) is 0 Å². The van der Waals surface area contributed by atoms with E-state index in [1.165, 1.54) is 17.9 Å². The number of aryl methyl sites for hydroxylation is 1. The Kier molecular flexibility index (Phi) is 4.04. The Labute approximate surface area is 115 Å². The number of nitrogens with two attached hydrogens (primary N) is 1. The minimum absolute atomic E-state index is 0.0758. The summed E-state index contributed by atoms with van der Waals surface area (Å²) in [5, 5.41) is 21.3. The third kappa shape index (κ3) is 2.79. The quantitative estimate of drug-likeness (QED) is 0.421. The summed E-state index contributed by atoms with van der Waals surface area (Å²) in [5.41, 5.74) is 3.45.